The third-order valence-corrected chi connectivity index (χ3v) is 6.01. The number of thiazole rings is 1. The molecule has 0 aliphatic heterocycles. The Morgan fingerprint density at radius 3 is 2.32 bits per heavy atom. The van der Waals surface area contributed by atoms with Gasteiger partial charge in [0.15, 0.2) is 0 Å². The second-order valence-corrected chi connectivity index (χ2v) is 8.40. The minimum Gasteiger partial charge on any atom is -0.346 e. The highest BCUT2D eigenvalue weighted by Gasteiger charge is 2.46. The summed E-state index contributed by atoms with van der Waals surface area (Å²) in [6.07, 6.45) is 3.28. The molecule has 0 fully saturated rings. The molecule has 0 saturated carbocycles. The third-order valence-electron chi connectivity index (χ3n) is 3.66. The minimum atomic E-state index is -5.44. The zero-order chi connectivity index (χ0) is 20.4. The number of carbonyl (C=O) groups excluding carboxylic acids is 1. The Morgan fingerprint density at radius 1 is 1.07 bits per heavy atom. The monoisotopic (exact) mass is 427 g/mol. The standard InChI is InChI=1S/C17H12F3N3O3S2/c18-17(19,20)28(25,26)13-3-1-12(2-4-13)16(24)22-9-15-23-14(10-27-15)11-5-7-21-8-6-11/h1-8,10H,9H2,(H,22,24). The van der Waals surface area contributed by atoms with Crippen molar-refractivity contribution in [3.63, 3.8) is 0 Å². The molecular weight excluding hydrogens is 415 g/mol. The van der Waals surface area contributed by atoms with E-state index in [4.69, 9.17) is 0 Å². The molecule has 0 atom stereocenters. The predicted molar refractivity (Wildman–Crippen MR) is 96.2 cm³/mol. The second-order valence-electron chi connectivity index (χ2n) is 5.52. The van der Waals surface area contributed by atoms with Crippen LogP contribution in [-0.2, 0) is 16.4 Å². The molecule has 1 N–H and O–H groups in total. The molecule has 2 aromatic heterocycles. The van der Waals surface area contributed by atoms with Gasteiger partial charge in [-0.05, 0) is 36.4 Å². The van der Waals surface area contributed by atoms with Crippen molar-refractivity contribution < 1.29 is 26.4 Å². The Hall–Kier alpha value is -2.79. The number of sulfone groups is 1. The van der Waals surface area contributed by atoms with Crippen LogP contribution in [0.15, 0.2) is 59.1 Å². The Kier molecular flexibility index (Phi) is 5.47. The molecule has 0 spiro atoms. The molecule has 146 valence electrons. The van der Waals surface area contributed by atoms with E-state index in [1.807, 2.05) is 5.38 Å². The van der Waals surface area contributed by atoms with Crippen molar-refractivity contribution in [2.24, 2.45) is 0 Å². The van der Waals surface area contributed by atoms with Gasteiger partial charge in [-0.25, -0.2) is 13.4 Å². The molecule has 6 nitrogen and oxygen atoms in total. The first-order valence-corrected chi connectivity index (χ1v) is 10.1. The van der Waals surface area contributed by atoms with Gasteiger partial charge in [0.05, 0.1) is 17.1 Å². The number of hydrogen-bond acceptors (Lipinski definition) is 6. The topological polar surface area (TPSA) is 89.0 Å². The number of nitrogens with one attached hydrogen (secondary N) is 1. The lowest BCUT2D eigenvalue weighted by atomic mass is 10.2. The lowest BCUT2D eigenvalue weighted by molar-refractivity contribution is -0.0436. The van der Waals surface area contributed by atoms with E-state index in [0.29, 0.717) is 5.01 Å². The van der Waals surface area contributed by atoms with Crippen LogP contribution in [0.1, 0.15) is 15.4 Å². The van der Waals surface area contributed by atoms with Crippen LogP contribution in [0.5, 0.6) is 0 Å². The number of halogens is 3. The fraction of sp³-hybridized carbons (Fsp3) is 0.118. The normalized spacial score (nSPS) is 12.0. The first-order valence-electron chi connectivity index (χ1n) is 7.73. The number of carbonyl (C=O) groups is 1. The van der Waals surface area contributed by atoms with Gasteiger partial charge in [-0.15, -0.1) is 11.3 Å². The van der Waals surface area contributed by atoms with Crippen LogP contribution in [0.25, 0.3) is 11.3 Å². The molecule has 1 aromatic carbocycles. The summed E-state index contributed by atoms with van der Waals surface area (Å²) in [5, 5.41) is 5.06. The van der Waals surface area contributed by atoms with E-state index in [1.165, 1.54) is 11.3 Å². The molecule has 0 saturated heterocycles. The summed E-state index contributed by atoms with van der Waals surface area (Å²) in [6, 6.07) is 7.16. The summed E-state index contributed by atoms with van der Waals surface area (Å²) in [7, 11) is -5.44. The zero-order valence-electron chi connectivity index (χ0n) is 14.0. The minimum absolute atomic E-state index is 0.0343. The fourth-order valence-corrected chi connectivity index (χ4v) is 3.73. The predicted octanol–water partition coefficient (Wildman–Crippen LogP) is 3.43. The van der Waals surface area contributed by atoms with Crippen LogP contribution in [0, 0.1) is 0 Å². The summed E-state index contributed by atoms with van der Waals surface area (Å²) in [6.45, 7) is 0.122. The number of amides is 1. The summed E-state index contributed by atoms with van der Waals surface area (Å²) in [5.41, 5.74) is -3.75. The summed E-state index contributed by atoms with van der Waals surface area (Å²) in [5.74, 6) is -0.559. The van der Waals surface area contributed by atoms with E-state index in [9.17, 15) is 26.4 Å². The van der Waals surface area contributed by atoms with Gasteiger partial charge in [0.1, 0.15) is 5.01 Å². The SMILES string of the molecule is O=C(NCc1nc(-c2ccncc2)cs1)c1ccc(S(=O)(=O)C(F)(F)F)cc1. The van der Waals surface area contributed by atoms with Crippen molar-refractivity contribution >= 4 is 27.1 Å². The lowest BCUT2D eigenvalue weighted by Crippen LogP contribution is -2.24. The van der Waals surface area contributed by atoms with Crippen molar-refractivity contribution in [1.82, 2.24) is 15.3 Å². The van der Waals surface area contributed by atoms with Gasteiger partial charge < -0.3 is 5.32 Å². The van der Waals surface area contributed by atoms with Crippen molar-refractivity contribution in [1.29, 1.82) is 0 Å². The van der Waals surface area contributed by atoms with Gasteiger partial charge in [0.25, 0.3) is 15.7 Å². The number of hydrogen-bond donors (Lipinski definition) is 1. The second kappa shape index (κ2) is 7.68. The third kappa shape index (κ3) is 4.20. The highest BCUT2D eigenvalue weighted by molar-refractivity contribution is 7.92. The Labute approximate surface area is 162 Å². The van der Waals surface area contributed by atoms with E-state index >= 15 is 0 Å². The molecule has 1 amide bonds. The smallest absolute Gasteiger partial charge is 0.346 e. The number of pyridine rings is 1. The van der Waals surface area contributed by atoms with Crippen molar-refractivity contribution in [3.05, 3.63) is 64.7 Å². The molecule has 0 radical (unpaired) electrons. The molecule has 3 aromatic rings. The number of aromatic nitrogens is 2. The molecule has 11 heteroatoms. The van der Waals surface area contributed by atoms with E-state index in [2.05, 4.69) is 15.3 Å². The molecule has 28 heavy (non-hydrogen) atoms. The summed E-state index contributed by atoms with van der Waals surface area (Å²) in [4.78, 5) is 19.5. The first kappa shape index (κ1) is 20.0. The number of benzene rings is 1. The maximum absolute atomic E-state index is 12.5. The highest BCUT2D eigenvalue weighted by atomic mass is 32.2. The molecule has 0 aliphatic carbocycles. The van der Waals surface area contributed by atoms with Gasteiger partial charge in [0, 0.05) is 28.9 Å². The van der Waals surface area contributed by atoms with Gasteiger partial charge in [-0.2, -0.15) is 13.2 Å². The molecular formula is C17H12F3N3O3S2. The average Bonchev–Trinajstić information content (AvgIpc) is 3.15. The van der Waals surface area contributed by atoms with Gasteiger partial charge in [-0.3, -0.25) is 9.78 Å². The maximum Gasteiger partial charge on any atom is 0.501 e. The Morgan fingerprint density at radius 2 is 1.71 bits per heavy atom. The molecule has 0 aliphatic rings. The van der Waals surface area contributed by atoms with E-state index < -0.39 is 26.1 Å². The van der Waals surface area contributed by atoms with Crippen LogP contribution in [0.2, 0.25) is 0 Å². The van der Waals surface area contributed by atoms with Crippen molar-refractivity contribution in [3.8, 4) is 11.3 Å². The quantitative estimate of drug-likeness (QED) is 0.674. The maximum atomic E-state index is 12.5. The largest absolute Gasteiger partial charge is 0.501 e. The zero-order valence-corrected chi connectivity index (χ0v) is 15.6. The van der Waals surface area contributed by atoms with Crippen LogP contribution in [0.4, 0.5) is 13.2 Å². The molecule has 0 bridgehead atoms. The fourth-order valence-electron chi connectivity index (χ4n) is 2.22. The number of alkyl halides is 3. The van der Waals surface area contributed by atoms with Crippen LogP contribution >= 0.6 is 11.3 Å². The number of rotatable bonds is 5. The van der Waals surface area contributed by atoms with Gasteiger partial charge in [-0.1, -0.05) is 0 Å². The van der Waals surface area contributed by atoms with Crippen molar-refractivity contribution in [2.45, 2.75) is 16.9 Å². The average molecular weight is 427 g/mol. The van der Waals surface area contributed by atoms with Gasteiger partial charge in [0.2, 0.25) is 0 Å². The van der Waals surface area contributed by atoms with Crippen LogP contribution < -0.4 is 5.32 Å². The van der Waals surface area contributed by atoms with Crippen molar-refractivity contribution in [2.75, 3.05) is 0 Å². The summed E-state index contributed by atoms with van der Waals surface area (Å²) < 4.78 is 60.3. The van der Waals surface area contributed by atoms with E-state index in [-0.39, 0.29) is 12.1 Å². The lowest BCUT2D eigenvalue weighted by Gasteiger charge is -2.08. The Balaban J connectivity index is 1.65. The van der Waals surface area contributed by atoms with E-state index in [1.54, 1.807) is 24.5 Å². The van der Waals surface area contributed by atoms with Crippen LogP contribution in [0.3, 0.4) is 0 Å². The Bertz CT molecular complexity index is 1080. The van der Waals surface area contributed by atoms with Gasteiger partial charge >= 0.3 is 5.51 Å². The summed E-state index contributed by atoms with van der Waals surface area (Å²) >= 11 is 1.34. The molecule has 0 unspecified atom stereocenters. The highest BCUT2D eigenvalue weighted by Crippen LogP contribution is 2.30. The van der Waals surface area contributed by atoms with E-state index in [0.717, 1.165) is 35.5 Å². The first-order chi connectivity index (χ1) is 13.2. The number of nitrogens with zero attached hydrogens (tertiary/aromatic N) is 2. The molecule has 2 heterocycles. The molecule has 3 rings (SSSR count). The van der Waals surface area contributed by atoms with Crippen LogP contribution in [-0.4, -0.2) is 29.8 Å².